The van der Waals surface area contributed by atoms with Gasteiger partial charge in [-0.15, -0.1) is 0 Å². The lowest BCUT2D eigenvalue weighted by Gasteiger charge is -2.11. The Morgan fingerprint density at radius 3 is 2.62 bits per heavy atom. The molecule has 0 fully saturated rings. The molecule has 0 aliphatic heterocycles. The van der Waals surface area contributed by atoms with Crippen molar-refractivity contribution in [1.82, 2.24) is 0 Å². The van der Waals surface area contributed by atoms with Gasteiger partial charge in [-0.05, 0) is 24.8 Å². The maximum Gasteiger partial charge on any atom is 0.328 e. The molecule has 0 bridgehead atoms. The second-order valence-corrected chi connectivity index (χ2v) is 4.38. The minimum Gasteiger partial charge on any atom is -0.478 e. The van der Waals surface area contributed by atoms with Gasteiger partial charge in [0.05, 0.1) is 0 Å². The van der Waals surface area contributed by atoms with E-state index in [1.807, 2.05) is 39.0 Å². The summed E-state index contributed by atoms with van der Waals surface area (Å²) in [5.41, 5.74) is 3.33. The number of aryl methyl sites for hydroxylation is 1. The Kier molecular flexibility index (Phi) is 4.29. The van der Waals surface area contributed by atoms with E-state index in [0.717, 1.165) is 5.57 Å². The molecule has 0 heterocycles. The molecule has 0 saturated carbocycles. The van der Waals surface area contributed by atoms with Gasteiger partial charge in [-0.25, -0.2) is 4.79 Å². The summed E-state index contributed by atoms with van der Waals surface area (Å²) in [4.78, 5) is 10.7. The summed E-state index contributed by atoms with van der Waals surface area (Å²) < 4.78 is 0. The molecule has 0 unspecified atom stereocenters. The van der Waals surface area contributed by atoms with Gasteiger partial charge in [-0.3, -0.25) is 0 Å². The molecular weight excluding hydrogens is 200 g/mol. The van der Waals surface area contributed by atoms with Gasteiger partial charge >= 0.3 is 5.97 Å². The lowest BCUT2D eigenvalue weighted by Crippen LogP contribution is -2.02. The van der Waals surface area contributed by atoms with E-state index in [0.29, 0.717) is 6.42 Å². The lowest BCUT2D eigenvalue weighted by atomic mass is 9.95. The average molecular weight is 218 g/mol. The second kappa shape index (κ2) is 5.50. The first kappa shape index (κ1) is 12.5. The maximum absolute atomic E-state index is 10.7. The Hall–Kier alpha value is -1.57. The molecule has 0 radical (unpaired) electrons. The van der Waals surface area contributed by atoms with Crippen LogP contribution in [0.4, 0.5) is 0 Å². The Morgan fingerprint density at radius 2 is 2.12 bits per heavy atom. The fraction of sp³-hybridized carbons (Fsp3) is 0.357. The first-order valence-electron chi connectivity index (χ1n) is 5.48. The quantitative estimate of drug-likeness (QED) is 0.788. The van der Waals surface area contributed by atoms with Crippen molar-refractivity contribution in [3.63, 3.8) is 0 Å². The molecule has 0 spiro atoms. The largest absolute Gasteiger partial charge is 0.478 e. The van der Waals surface area contributed by atoms with Gasteiger partial charge in [0.2, 0.25) is 0 Å². The third kappa shape index (κ3) is 3.89. The number of hydrogen-bond donors (Lipinski definition) is 1. The minimum absolute atomic E-state index is 0.261. The molecule has 16 heavy (non-hydrogen) atoms. The summed E-state index contributed by atoms with van der Waals surface area (Å²) in [6.45, 7) is 6.08. The van der Waals surface area contributed by atoms with Crippen LogP contribution in [0.15, 0.2) is 35.9 Å². The summed E-state index contributed by atoms with van der Waals surface area (Å²) in [6, 6.07) is 8.17. The van der Waals surface area contributed by atoms with Gasteiger partial charge in [0, 0.05) is 6.08 Å². The van der Waals surface area contributed by atoms with Gasteiger partial charge in [0.15, 0.2) is 0 Å². The monoisotopic (exact) mass is 218 g/mol. The van der Waals surface area contributed by atoms with Crippen LogP contribution < -0.4 is 0 Å². The molecule has 1 rings (SSSR count). The van der Waals surface area contributed by atoms with Crippen LogP contribution in [0.1, 0.15) is 25.0 Å². The summed E-state index contributed by atoms with van der Waals surface area (Å²) in [5.74, 6) is -0.604. The van der Waals surface area contributed by atoms with Crippen LogP contribution in [0.3, 0.4) is 0 Å². The molecule has 1 aromatic rings. The van der Waals surface area contributed by atoms with E-state index in [-0.39, 0.29) is 5.92 Å². The predicted octanol–water partition coefficient (Wildman–Crippen LogP) is 3.20. The summed E-state index contributed by atoms with van der Waals surface area (Å²) >= 11 is 0. The van der Waals surface area contributed by atoms with Crippen molar-refractivity contribution in [1.29, 1.82) is 0 Å². The van der Waals surface area contributed by atoms with E-state index in [1.165, 1.54) is 17.2 Å². The summed E-state index contributed by atoms with van der Waals surface area (Å²) in [6.07, 6.45) is 2.04. The molecule has 0 aliphatic rings. The van der Waals surface area contributed by atoms with Crippen molar-refractivity contribution in [2.45, 2.75) is 27.2 Å². The van der Waals surface area contributed by atoms with Crippen LogP contribution in [0.2, 0.25) is 0 Å². The highest BCUT2D eigenvalue weighted by atomic mass is 16.4. The Labute approximate surface area is 96.6 Å². The highest BCUT2D eigenvalue weighted by molar-refractivity contribution is 5.80. The zero-order chi connectivity index (χ0) is 12.1. The van der Waals surface area contributed by atoms with E-state index >= 15 is 0 Å². The van der Waals surface area contributed by atoms with Crippen molar-refractivity contribution in [3.05, 3.63) is 47.0 Å². The molecule has 2 nitrogen and oxygen atoms in total. The SMILES string of the molecule is Cc1cccc(C/C(=C/C(=O)O)C(C)C)c1. The summed E-state index contributed by atoms with van der Waals surface area (Å²) in [7, 11) is 0. The number of benzene rings is 1. The van der Waals surface area contributed by atoms with Crippen LogP contribution in [0.5, 0.6) is 0 Å². The standard InChI is InChI=1S/C14H18O2/c1-10(2)13(9-14(15)16)8-12-6-4-5-11(3)7-12/h4-7,9-10H,8H2,1-3H3,(H,15,16)/b13-9-. The number of carbonyl (C=O) groups is 1. The third-order valence-electron chi connectivity index (χ3n) is 2.54. The van der Waals surface area contributed by atoms with Crippen molar-refractivity contribution in [2.24, 2.45) is 5.92 Å². The maximum atomic E-state index is 10.7. The van der Waals surface area contributed by atoms with Crippen molar-refractivity contribution in [2.75, 3.05) is 0 Å². The van der Waals surface area contributed by atoms with Crippen LogP contribution in [0, 0.1) is 12.8 Å². The number of carboxylic acids is 1. The first-order chi connectivity index (χ1) is 7.49. The van der Waals surface area contributed by atoms with Gasteiger partial charge in [-0.1, -0.05) is 49.2 Å². The second-order valence-electron chi connectivity index (χ2n) is 4.38. The zero-order valence-corrected chi connectivity index (χ0v) is 10.0. The van der Waals surface area contributed by atoms with Gasteiger partial charge in [0.1, 0.15) is 0 Å². The predicted molar refractivity (Wildman–Crippen MR) is 65.4 cm³/mol. The van der Waals surface area contributed by atoms with Crippen LogP contribution in [0.25, 0.3) is 0 Å². The molecule has 1 N–H and O–H groups in total. The van der Waals surface area contributed by atoms with Crippen LogP contribution >= 0.6 is 0 Å². The average Bonchev–Trinajstić information content (AvgIpc) is 2.15. The van der Waals surface area contributed by atoms with Crippen LogP contribution in [-0.2, 0) is 11.2 Å². The highest BCUT2D eigenvalue weighted by Gasteiger charge is 2.07. The number of hydrogen-bond acceptors (Lipinski definition) is 1. The molecule has 0 amide bonds. The third-order valence-corrected chi connectivity index (χ3v) is 2.54. The minimum atomic E-state index is -0.864. The van der Waals surface area contributed by atoms with E-state index in [4.69, 9.17) is 5.11 Å². The number of rotatable bonds is 4. The van der Waals surface area contributed by atoms with Gasteiger partial charge in [-0.2, -0.15) is 0 Å². The number of aliphatic carboxylic acids is 1. The van der Waals surface area contributed by atoms with E-state index in [9.17, 15) is 4.79 Å². The fourth-order valence-corrected chi connectivity index (χ4v) is 1.64. The molecule has 0 aliphatic carbocycles. The molecule has 0 atom stereocenters. The summed E-state index contributed by atoms with van der Waals surface area (Å²) in [5, 5.41) is 8.79. The Bertz CT molecular complexity index is 403. The molecule has 0 aromatic heterocycles. The normalized spacial score (nSPS) is 11.9. The molecule has 1 aromatic carbocycles. The van der Waals surface area contributed by atoms with E-state index < -0.39 is 5.97 Å². The van der Waals surface area contributed by atoms with Gasteiger partial charge < -0.3 is 5.11 Å². The molecule has 2 heteroatoms. The molecule has 0 saturated heterocycles. The van der Waals surface area contributed by atoms with Crippen molar-refractivity contribution >= 4 is 5.97 Å². The Balaban J connectivity index is 2.88. The van der Waals surface area contributed by atoms with Crippen LogP contribution in [-0.4, -0.2) is 11.1 Å². The topological polar surface area (TPSA) is 37.3 Å². The highest BCUT2D eigenvalue weighted by Crippen LogP contribution is 2.17. The zero-order valence-electron chi connectivity index (χ0n) is 10.0. The van der Waals surface area contributed by atoms with E-state index in [1.54, 1.807) is 0 Å². The van der Waals surface area contributed by atoms with Crippen molar-refractivity contribution in [3.8, 4) is 0 Å². The van der Waals surface area contributed by atoms with Gasteiger partial charge in [0.25, 0.3) is 0 Å². The lowest BCUT2D eigenvalue weighted by molar-refractivity contribution is -0.131. The molecular formula is C14H18O2. The number of allylic oxidation sites excluding steroid dienone is 1. The number of carboxylic acid groups (broad SMARTS) is 1. The Morgan fingerprint density at radius 1 is 1.44 bits per heavy atom. The molecule has 86 valence electrons. The van der Waals surface area contributed by atoms with Crippen molar-refractivity contribution < 1.29 is 9.90 Å². The van der Waals surface area contributed by atoms with E-state index in [2.05, 4.69) is 6.07 Å². The first-order valence-corrected chi connectivity index (χ1v) is 5.48. The fourth-order valence-electron chi connectivity index (χ4n) is 1.64. The smallest absolute Gasteiger partial charge is 0.328 e.